The summed E-state index contributed by atoms with van der Waals surface area (Å²) in [6.45, 7) is 4.74. The molecule has 118 valence electrons. The number of ether oxygens (including phenoxy) is 3. The van der Waals surface area contributed by atoms with Crippen LogP contribution in [0.1, 0.15) is 23.7 Å². The van der Waals surface area contributed by atoms with Gasteiger partial charge in [0.2, 0.25) is 0 Å². The second-order valence-corrected chi connectivity index (χ2v) is 4.41. The summed E-state index contributed by atoms with van der Waals surface area (Å²) in [4.78, 5) is 11.6. The van der Waals surface area contributed by atoms with Crippen molar-refractivity contribution in [2.45, 2.75) is 13.3 Å². The van der Waals surface area contributed by atoms with Crippen LogP contribution in [0.5, 0.6) is 0 Å². The fraction of sp³-hybridized carbons (Fsp3) is 0.533. The van der Waals surface area contributed by atoms with Crippen LogP contribution in [-0.4, -0.2) is 46.1 Å². The van der Waals surface area contributed by atoms with Crippen LogP contribution in [0.2, 0.25) is 0 Å². The van der Waals surface area contributed by atoms with Gasteiger partial charge in [0.15, 0.2) is 0 Å². The minimum Gasteiger partial charge on any atom is -0.462 e. The van der Waals surface area contributed by atoms with Crippen molar-refractivity contribution in [1.82, 2.24) is 0 Å². The number of hydrogen-bond donors (Lipinski definition) is 2. The van der Waals surface area contributed by atoms with Crippen molar-refractivity contribution in [3.8, 4) is 0 Å². The highest BCUT2D eigenvalue weighted by atomic mass is 16.5. The molecule has 0 saturated carbocycles. The van der Waals surface area contributed by atoms with Crippen LogP contribution in [0.4, 0.5) is 11.4 Å². The van der Waals surface area contributed by atoms with Crippen molar-refractivity contribution < 1.29 is 19.0 Å². The predicted octanol–water partition coefficient (Wildman–Crippen LogP) is 1.91. The number of nitrogens with one attached hydrogen (secondary N) is 1. The third kappa shape index (κ3) is 6.46. The van der Waals surface area contributed by atoms with E-state index in [1.807, 2.05) is 0 Å². The average Bonchev–Trinajstić information content (AvgIpc) is 2.48. The predicted molar refractivity (Wildman–Crippen MR) is 82.6 cm³/mol. The van der Waals surface area contributed by atoms with Crippen LogP contribution < -0.4 is 11.1 Å². The van der Waals surface area contributed by atoms with Crippen molar-refractivity contribution in [1.29, 1.82) is 0 Å². The van der Waals surface area contributed by atoms with Crippen LogP contribution in [0, 0.1) is 0 Å². The number of rotatable bonds is 10. The number of hydrogen-bond acceptors (Lipinski definition) is 6. The highest BCUT2D eigenvalue weighted by molar-refractivity contribution is 5.91. The molecule has 0 atom stereocenters. The van der Waals surface area contributed by atoms with Gasteiger partial charge < -0.3 is 25.3 Å². The number of carbonyl (C=O) groups excluding carboxylic acids is 1. The Balaban J connectivity index is 2.34. The molecule has 0 amide bonds. The zero-order chi connectivity index (χ0) is 15.5. The topological polar surface area (TPSA) is 82.8 Å². The molecule has 0 bridgehead atoms. The molecule has 1 aromatic rings. The fourth-order valence-electron chi connectivity index (χ4n) is 1.71. The van der Waals surface area contributed by atoms with Crippen molar-refractivity contribution in [3.05, 3.63) is 23.8 Å². The van der Waals surface area contributed by atoms with Gasteiger partial charge in [0.25, 0.3) is 0 Å². The molecule has 0 aliphatic carbocycles. The summed E-state index contributed by atoms with van der Waals surface area (Å²) >= 11 is 0. The highest BCUT2D eigenvalue weighted by Crippen LogP contribution is 2.20. The summed E-state index contributed by atoms with van der Waals surface area (Å²) in [7, 11) is 1.65. The zero-order valence-corrected chi connectivity index (χ0v) is 12.7. The number of esters is 1. The maximum Gasteiger partial charge on any atom is 0.338 e. The summed E-state index contributed by atoms with van der Waals surface area (Å²) in [6, 6.07) is 5.11. The van der Waals surface area contributed by atoms with Gasteiger partial charge in [-0.3, -0.25) is 0 Å². The summed E-state index contributed by atoms with van der Waals surface area (Å²) in [5.41, 5.74) is 7.71. The molecule has 21 heavy (non-hydrogen) atoms. The number of anilines is 2. The van der Waals surface area contributed by atoms with Gasteiger partial charge in [-0.15, -0.1) is 0 Å². The van der Waals surface area contributed by atoms with E-state index >= 15 is 0 Å². The van der Waals surface area contributed by atoms with Gasteiger partial charge in [-0.2, -0.15) is 0 Å². The SMILES string of the molecule is CCOC(=O)c1ccc(NCCCOCCOC)c(N)c1. The van der Waals surface area contributed by atoms with E-state index in [-0.39, 0.29) is 5.97 Å². The van der Waals surface area contributed by atoms with Crippen molar-refractivity contribution in [2.24, 2.45) is 0 Å². The third-order valence-electron chi connectivity index (χ3n) is 2.78. The van der Waals surface area contributed by atoms with E-state index in [4.69, 9.17) is 19.9 Å². The normalized spacial score (nSPS) is 10.4. The van der Waals surface area contributed by atoms with Crippen LogP contribution in [-0.2, 0) is 14.2 Å². The Morgan fingerprint density at radius 2 is 2.10 bits per heavy atom. The first-order valence-electron chi connectivity index (χ1n) is 7.06. The van der Waals surface area contributed by atoms with E-state index in [1.165, 1.54) is 0 Å². The Morgan fingerprint density at radius 3 is 2.76 bits per heavy atom. The monoisotopic (exact) mass is 296 g/mol. The largest absolute Gasteiger partial charge is 0.462 e. The molecule has 0 aliphatic heterocycles. The summed E-state index contributed by atoms with van der Waals surface area (Å²) in [5, 5.41) is 3.21. The molecular weight excluding hydrogens is 272 g/mol. The first kappa shape index (κ1) is 17.3. The maximum atomic E-state index is 11.6. The molecule has 0 fully saturated rings. The molecule has 0 aromatic heterocycles. The van der Waals surface area contributed by atoms with Crippen molar-refractivity contribution >= 4 is 17.3 Å². The third-order valence-corrected chi connectivity index (χ3v) is 2.78. The molecule has 1 rings (SSSR count). The summed E-state index contributed by atoms with van der Waals surface area (Å²) < 4.78 is 15.2. The Bertz CT molecular complexity index is 438. The number of nitrogen functional groups attached to an aromatic ring is 1. The summed E-state index contributed by atoms with van der Waals surface area (Å²) in [6.07, 6.45) is 0.864. The second-order valence-electron chi connectivity index (χ2n) is 4.41. The molecule has 0 heterocycles. The minimum absolute atomic E-state index is 0.349. The Morgan fingerprint density at radius 1 is 1.29 bits per heavy atom. The Labute approximate surface area is 125 Å². The minimum atomic E-state index is -0.359. The smallest absolute Gasteiger partial charge is 0.338 e. The maximum absolute atomic E-state index is 11.6. The lowest BCUT2D eigenvalue weighted by Crippen LogP contribution is -2.10. The summed E-state index contributed by atoms with van der Waals surface area (Å²) in [5.74, 6) is -0.359. The number of benzene rings is 1. The quantitative estimate of drug-likeness (QED) is 0.390. The van der Waals surface area contributed by atoms with Crippen LogP contribution in [0.15, 0.2) is 18.2 Å². The van der Waals surface area contributed by atoms with Crippen molar-refractivity contribution in [3.63, 3.8) is 0 Å². The van der Waals surface area contributed by atoms with E-state index in [0.29, 0.717) is 37.7 Å². The fourth-order valence-corrected chi connectivity index (χ4v) is 1.71. The molecule has 0 aliphatic rings. The van der Waals surface area contributed by atoms with Gasteiger partial charge in [-0.1, -0.05) is 0 Å². The van der Waals surface area contributed by atoms with E-state index in [2.05, 4.69) is 5.32 Å². The molecule has 1 aromatic carbocycles. The van der Waals surface area contributed by atoms with E-state index in [9.17, 15) is 4.79 Å². The lowest BCUT2D eigenvalue weighted by atomic mass is 10.1. The first-order chi connectivity index (χ1) is 10.2. The Kier molecular flexibility index (Phi) is 8.23. The lowest BCUT2D eigenvalue weighted by Gasteiger charge is -2.11. The average molecular weight is 296 g/mol. The van der Waals surface area contributed by atoms with Gasteiger partial charge in [-0.25, -0.2) is 4.79 Å². The molecule has 0 saturated heterocycles. The van der Waals surface area contributed by atoms with Crippen LogP contribution in [0.3, 0.4) is 0 Å². The molecule has 6 nitrogen and oxygen atoms in total. The van der Waals surface area contributed by atoms with Crippen LogP contribution >= 0.6 is 0 Å². The van der Waals surface area contributed by atoms with E-state index < -0.39 is 0 Å². The highest BCUT2D eigenvalue weighted by Gasteiger charge is 2.08. The molecule has 0 radical (unpaired) electrons. The first-order valence-corrected chi connectivity index (χ1v) is 7.06. The Hall–Kier alpha value is -1.79. The van der Waals surface area contributed by atoms with Gasteiger partial charge in [-0.05, 0) is 31.5 Å². The molecule has 0 unspecified atom stereocenters. The number of methoxy groups -OCH3 is 1. The number of carbonyl (C=O) groups is 1. The molecule has 0 spiro atoms. The van der Waals surface area contributed by atoms with Gasteiger partial charge >= 0.3 is 5.97 Å². The second kappa shape index (κ2) is 10.0. The standard InChI is InChI=1S/C15H24N2O4/c1-3-21-15(18)12-5-6-14(13(16)11-12)17-7-4-8-20-10-9-19-2/h5-6,11,17H,3-4,7-10,16H2,1-2H3. The van der Waals surface area contributed by atoms with Gasteiger partial charge in [0.05, 0.1) is 36.8 Å². The van der Waals surface area contributed by atoms with E-state index in [1.54, 1.807) is 32.2 Å². The molecular formula is C15H24N2O4. The zero-order valence-electron chi connectivity index (χ0n) is 12.7. The van der Waals surface area contributed by atoms with Crippen molar-refractivity contribution in [2.75, 3.05) is 51.1 Å². The molecule has 6 heteroatoms. The number of nitrogens with two attached hydrogens (primary N) is 1. The van der Waals surface area contributed by atoms with Crippen LogP contribution in [0.25, 0.3) is 0 Å². The van der Waals surface area contributed by atoms with Gasteiger partial charge in [0.1, 0.15) is 0 Å². The lowest BCUT2D eigenvalue weighted by molar-refractivity contribution is 0.0526. The van der Waals surface area contributed by atoms with E-state index in [0.717, 1.165) is 18.7 Å². The van der Waals surface area contributed by atoms with Gasteiger partial charge in [0, 0.05) is 20.3 Å². The molecule has 3 N–H and O–H groups in total.